The van der Waals surface area contributed by atoms with Gasteiger partial charge in [0.05, 0.1) is 6.26 Å². The highest BCUT2D eigenvalue weighted by Crippen LogP contribution is 2.15. The van der Waals surface area contributed by atoms with Crippen LogP contribution in [0.25, 0.3) is 0 Å². The first kappa shape index (κ1) is 14.2. The molecule has 7 nitrogen and oxygen atoms in total. The van der Waals surface area contributed by atoms with Crippen LogP contribution in [0.4, 0.5) is 5.13 Å². The Hall–Kier alpha value is -2.22. The number of amides is 2. The monoisotopic (exact) mass is 294 g/mol. The maximum absolute atomic E-state index is 11.9. The lowest BCUT2D eigenvalue weighted by atomic mass is 10.3. The third-order valence-electron chi connectivity index (χ3n) is 2.49. The van der Waals surface area contributed by atoms with Crippen LogP contribution in [-0.2, 0) is 11.2 Å². The lowest BCUT2D eigenvalue weighted by Crippen LogP contribution is -2.41. The number of anilines is 1. The standard InChI is InChI=1S/C12H14N4O3S/c1-3-9-15-16-12(20-9)14-10(17)7(2)13-11(18)8-5-4-6-19-8/h4-7H,3H2,1-2H3,(H,13,18)(H,14,16,17). The van der Waals surface area contributed by atoms with Crippen molar-refractivity contribution >= 4 is 28.3 Å². The Kier molecular flexibility index (Phi) is 4.46. The average Bonchev–Trinajstić information content (AvgIpc) is 3.09. The molecule has 0 aliphatic rings. The van der Waals surface area contributed by atoms with E-state index in [0.717, 1.165) is 11.4 Å². The summed E-state index contributed by atoms with van der Waals surface area (Å²) in [6, 6.07) is 2.42. The first-order valence-electron chi connectivity index (χ1n) is 6.07. The van der Waals surface area contributed by atoms with E-state index in [2.05, 4.69) is 20.8 Å². The molecule has 2 heterocycles. The molecule has 0 saturated heterocycles. The van der Waals surface area contributed by atoms with Crippen molar-refractivity contribution in [3.05, 3.63) is 29.2 Å². The number of carbonyl (C=O) groups is 2. The fraction of sp³-hybridized carbons (Fsp3) is 0.333. The second-order valence-corrected chi connectivity index (χ2v) is 5.08. The van der Waals surface area contributed by atoms with Crippen LogP contribution >= 0.6 is 11.3 Å². The Morgan fingerprint density at radius 2 is 2.25 bits per heavy atom. The quantitative estimate of drug-likeness (QED) is 0.870. The zero-order valence-corrected chi connectivity index (χ0v) is 11.9. The van der Waals surface area contributed by atoms with Crippen LogP contribution in [0, 0.1) is 0 Å². The predicted molar refractivity (Wildman–Crippen MR) is 73.6 cm³/mol. The lowest BCUT2D eigenvalue weighted by molar-refractivity contribution is -0.117. The van der Waals surface area contributed by atoms with Crippen LogP contribution in [0.5, 0.6) is 0 Å². The summed E-state index contributed by atoms with van der Waals surface area (Å²) in [6.45, 7) is 3.54. The summed E-state index contributed by atoms with van der Waals surface area (Å²) < 4.78 is 4.95. The van der Waals surface area contributed by atoms with Gasteiger partial charge in [0.15, 0.2) is 5.76 Å². The molecule has 8 heteroatoms. The SMILES string of the molecule is CCc1nnc(NC(=O)C(C)NC(=O)c2ccco2)s1. The number of nitrogens with zero attached hydrogens (tertiary/aromatic N) is 2. The fourth-order valence-electron chi connectivity index (χ4n) is 1.40. The van der Waals surface area contributed by atoms with Crippen LogP contribution < -0.4 is 10.6 Å². The lowest BCUT2D eigenvalue weighted by Gasteiger charge is -2.11. The van der Waals surface area contributed by atoms with Crippen LogP contribution in [0.15, 0.2) is 22.8 Å². The summed E-state index contributed by atoms with van der Waals surface area (Å²) in [7, 11) is 0. The maximum atomic E-state index is 11.9. The molecular weight excluding hydrogens is 280 g/mol. The number of aryl methyl sites for hydroxylation is 1. The molecule has 0 radical (unpaired) electrons. The average molecular weight is 294 g/mol. The Balaban J connectivity index is 1.90. The third-order valence-corrected chi connectivity index (χ3v) is 3.47. The Morgan fingerprint density at radius 1 is 1.45 bits per heavy atom. The largest absolute Gasteiger partial charge is 0.459 e. The van der Waals surface area contributed by atoms with Gasteiger partial charge < -0.3 is 9.73 Å². The molecule has 2 aromatic rings. The zero-order valence-electron chi connectivity index (χ0n) is 11.0. The molecule has 106 valence electrons. The Bertz CT molecular complexity index is 594. The van der Waals surface area contributed by atoms with Crippen molar-refractivity contribution in [1.82, 2.24) is 15.5 Å². The number of aromatic nitrogens is 2. The number of hydrogen-bond donors (Lipinski definition) is 2. The Morgan fingerprint density at radius 3 is 2.85 bits per heavy atom. The minimum absolute atomic E-state index is 0.161. The van der Waals surface area contributed by atoms with Gasteiger partial charge >= 0.3 is 0 Å². The van der Waals surface area contributed by atoms with Crippen LogP contribution in [0.3, 0.4) is 0 Å². The molecule has 0 aliphatic heterocycles. The maximum Gasteiger partial charge on any atom is 0.287 e. The van der Waals surface area contributed by atoms with E-state index in [1.54, 1.807) is 13.0 Å². The van der Waals surface area contributed by atoms with Crippen LogP contribution in [-0.4, -0.2) is 28.1 Å². The smallest absolute Gasteiger partial charge is 0.287 e. The van der Waals surface area contributed by atoms with Crippen LogP contribution in [0.1, 0.15) is 29.4 Å². The van der Waals surface area contributed by atoms with Gasteiger partial charge in [-0.05, 0) is 25.5 Å². The highest BCUT2D eigenvalue weighted by atomic mass is 32.1. The van der Waals surface area contributed by atoms with E-state index in [1.165, 1.54) is 23.7 Å². The summed E-state index contributed by atoms with van der Waals surface area (Å²) in [5.41, 5.74) is 0. The second-order valence-electron chi connectivity index (χ2n) is 4.02. The van der Waals surface area contributed by atoms with Gasteiger partial charge in [0.1, 0.15) is 11.0 Å². The molecule has 0 spiro atoms. The fourth-order valence-corrected chi connectivity index (χ4v) is 2.08. The van der Waals surface area contributed by atoms with Crippen molar-refractivity contribution in [3.63, 3.8) is 0 Å². The zero-order chi connectivity index (χ0) is 14.5. The van der Waals surface area contributed by atoms with E-state index in [1.807, 2.05) is 6.92 Å². The second kappa shape index (κ2) is 6.29. The highest BCUT2D eigenvalue weighted by Gasteiger charge is 2.19. The molecule has 2 rings (SSSR count). The van der Waals surface area contributed by atoms with Crippen molar-refractivity contribution in [2.45, 2.75) is 26.3 Å². The summed E-state index contributed by atoms with van der Waals surface area (Å²) in [6.07, 6.45) is 2.16. The molecule has 20 heavy (non-hydrogen) atoms. The number of furan rings is 1. The van der Waals surface area contributed by atoms with E-state index >= 15 is 0 Å². The molecule has 0 aliphatic carbocycles. The minimum atomic E-state index is -0.707. The van der Waals surface area contributed by atoms with Gasteiger partial charge in [-0.1, -0.05) is 18.3 Å². The molecular formula is C12H14N4O3S. The van der Waals surface area contributed by atoms with Gasteiger partial charge in [0, 0.05) is 0 Å². The van der Waals surface area contributed by atoms with E-state index in [0.29, 0.717) is 5.13 Å². The van der Waals surface area contributed by atoms with Gasteiger partial charge in [-0.15, -0.1) is 10.2 Å². The van der Waals surface area contributed by atoms with Crippen molar-refractivity contribution in [2.75, 3.05) is 5.32 Å². The molecule has 0 fully saturated rings. The molecule has 1 atom stereocenters. The molecule has 2 N–H and O–H groups in total. The molecule has 2 aromatic heterocycles. The van der Waals surface area contributed by atoms with E-state index in [4.69, 9.17) is 4.42 Å². The highest BCUT2D eigenvalue weighted by molar-refractivity contribution is 7.15. The molecule has 1 unspecified atom stereocenters. The first-order valence-corrected chi connectivity index (χ1v) is 6.89. The summed E-state index contributed by atoms with van der Waals surface area (Å²) >= 11 is 1.31. The topological polar surface area (TPSA) is 97.1 Å². The number of carbonyl (C=O) groups excluding carboxylic acids is 2. The van der Waals surface area contributed by atoms with Gasteiger partial charge in [-0.3, -0.25) is 14.9 Å². The van der Waals surface area contributed by atoms with Crippen molar-refractivity contribution < 1.29 is 14.0 Å². The van der Waals surface area contributed by atoms with Crippen molar-refractivity contribution in [3.8, 4) is 0 Å². The summed E-state index contributed by atoms with van der Waals surface area (Å²) in [5.74, 6) is -0.637. The number of rotatable bonds is 5. The van der Waals surface area contributed by atoms with Gasteiger partial charge in [0.2, 0.25) is 11.0 Å². The van der Waals surface area contributed by atoms with Crippen molar-refractivity contribution in [1.29, 1.82) is 0 Å². The number of hydrogen-bond acceptors (Lipinski definition) is 6. The minimum Gasteiger partial charge on any atom is -0.459 e. The number of nitrogens with one attached hydrogen (secondary N) is 2. The van der Waals surface area contributed by atoms with Gasteiger partial charge in [-0.2, -0.15) is 0 Å². The first-order chi connectivity index (χ1) is 9.60. The van der Waals surface area contributed by atoms with Crippen LogP contribution in [0.2, 0.25) is 0 Å². The van der Waals surface area contributed by atoms with Gasteiger partial charge in [0.25, 0.3) is 5.91 Å². The van der Waals surface area contributed by atoms with E-state index < -0.39 is 11.9 Å². The summed E-state index contributed by atoms with van der Waals surface area (Å²) in [4.78, 5) is 23.6. The normalized spacial score (nSPS) is 11.9. The third kappa shape index (κ3) is 3.41. The molecule has 0 saturated carbocycles. The molecule has 0 bridgehead atoms. The Labute approximate surface area is 119 Å². The van der Waals surface area contributed by atoms with Gasteiger partial charge in [-0.25, -0.2) is 0 Å². The van der Waals surface area contributed by atoms with E-state index in [-0.39, 0.29) is 11.7 Å². The molecule has 0 aromatic carbocycles. The molecule has 2 amide bonds. The van der Waals surface area contributed by atoms with E-state index in [9.17, 15) is 9.59 Å². The predicted octanol–water partition coefficient (Wildman–Crippen LogP) is 1.45. The summed E-state index contributed by atoms with van der Waals surface area (Å²) in [5, 5.41) is 14.1. The van der Waals surface area contributed by atoms with Crippen molar-refractivity contribution in [2.24, 2.45) is 0 Å².